The predicted octanol–water partition coefficient (Wildman–Crippen LogP) is 1.24. The molecule has 0 fully saturated rings. The standard InChI is InChI=1S/C9H19NO3/c1-6(2)7(13-10)8(11)12-9(3,4)5/h6-7H,10H2,1-5H3/t7-/m0/s1. The third-order valence-electron chi connectivity index (χ3n) is 1.39. The Labute approximate surface area is 79.3 Å². The van der Waals surface area contributed by atoms with E-state index in [0.29, 0.717) is 0 Å². The first-order chi connectivity index (χ1) is 5.78. The van der Waals surface area contributed by atoms with Gasteiger partial charge in [-0.25, -0.2) is 10.7 Å². The zero-order valence-corrected chi connectivity index (χ0v) is 8.96. The lowest BCUT2D eigenvalue weighted by molar-refractivity contribution is -0.172. The Hall–Kier alpha value is -0.610. The number of rotatable bonds is 3. The first-order valence-corrected chi connectivity index (χ1v) is 4.36. The third kappa shape index (κ3) is 4.85. The van der Waals surface area contributed by atoms with E-state index >= 15 is 0 Å². The molecule has 0 heterocycles. The second-order valence-corrected chi connectivity index (χ2v) is 4.33. The van der Waals surface area contributed by atoms with Gasteiger partial charge < -0.3 is 4.74 Å². The molecular weight excluding hydrogens is 170 g/mol. The molecule has 0 aliphatic rings. The molecule has 78 valence electrons. The maximum Gasteiger partial charge on any atom is 0.338 e. The van der Waals surface area contributed by atoms with Crippen molar-refractivity contribution >= 4 is 5.97 Å². The van der Waals surface area contributed by atoms with Crippen molar-refractivity contribution < 1.29 is 14.4 Å². The van der Waals surface area contributed by atoms with Crippen LogP contribution in [0.5, 0.6) is 0 Å². The van der Waals surface area contributed by atoms with Crippen LogP contribution in [0.3, 0.4) is 0 Å². The van der Waals surface area contributed by atoms with Crippen molar-refractivity contribution in [3.05, 3.63) is 0 Å². The highest BCUT2D eigenvalue weighted by Gasteiger charge is 2.27. The average molecular weight is 189 g/mol. The highest BCUT2D eigenvalue weighted by Crippen LogP contribution is 2.13. The molecule has 0 saturated carbocycles. The van der Waals surface area contributed by atoms with Gasteiger partial charge in [0.1, 0.15) is 5.60 Å². The van der Waals surface area contributed by atoms with E-state index in [-0.39, 0.29) is 5.92 Å². The lowest BCUT2D eigenvalue weighted by atomic mass is 10.1. The van der Waals surface area contributed by atoms with Gasteiger partial charge in [0.25, 0.3) is 0 Å². The van der Waals surface area contributed by atoms with Gasteiger partial charge in [-0.1, -0.05) is 13.8 Å². The molecule has 0 spiro atoms. The van der Waals surface area contributed by atoms with E-state index in [9.17, 15) is 4.79 Å². The molecule has 0 bridgehead atoms. The smallest absolute Gasteiger partial charge is 0.338 e. The zero-order chi connectivity index (χ0) is 10.6. The predicted molar refractivity (Wildman–Crippen MR) is 49.7 cm³/mol. The summed E-state index contributed by atoms with van der Waals surface area (Å²) in [5.74, 6) is 4.59. The summed E-state index contributed by atoms with van der Waals surface area (Å²) in [4.78, 5) is 15.9. The molecule has 0 amide bonds. The minimum atomic E-state index is -0.681. The first-order valence-electron chi connectivity index (χ1n) is 4.36. The highest BCUT2D eigenvalue weighted by atomic mass is 16.7. The fraction of sp³-hybridized carbons (Fsp3) is 0.889. The molecule has 0 aliphatic carbocycles. The minimum absolute atomic E-state index is 0.0137. The van der Waals surface area contributed by atoms with Gasteiger partial charge in [-0.2, -0.15) is 0 Å². The zero-order valence-electron chi connectivity index (χ0n) is 8.96. The van der Waals surface area contributed by atoms with Gasteiger partial charge in [-0.15, -0.1) is 0 Å². The van der Waals surface area contributed by atoms with Crippen LogP contribution in [0.4, 0.5) is 0 Å². The van der Waals surface area contributed by atoms with Crippen molar-refractivity contribution in [2.75, 3.05) is 0 Å². The van der Waals surface area contributed by atoms with Crippen molar-refractivity contribution in [3.63, 3.8) is 0 Å². The maximum absolute atomic E-state index is 11.4. The molecule has 4 heteroatoms. The summed E-state index contributed by atoms with van der Waals surface area (Å²) in [5, 5.41) is 0. The molecule has 0 aliphatic heterocycles. The van der Waals surface area contributed by atoms with Crippen LogP contribution < -0.4 is 5.90 Å². The van der Waals surface area contributed by atoms with Crippen LogP contribution in [0, 0.1) is 5.92 Å². The van der Waals surface area contributed by atoms with E-state index < -0.39 is 17.7 Å². The summed E-state index contributed by atoms with van der Waals surface area (Å²) in [6.07, 6.45) is -0.681. The van der Waals surface area contributed by atoms with E-state index in [1.165, 1.54) is 0 Å². The average Bonchev–Trinajstić information content (AvgIpc) is 1.82. The monoisotopic (exact) mass is 189 g/mol. The van der Waals surface area contributed by atoms with Gasteiger partial charge in [-0.3, -0.25) is 4.84 Å². The molecule has 0 aromatic carbocycles. The van der Waals surface area contributed by atoms with Gasteiger partial charge in [0.2, 0.25) is 0 Å². The van der Waals surface area contributed by atoms with Crippen LogP contribution in [0.25, 0.3) is 0 Å². The molecule has 0 aromatic rings. The van der Waals surface area contributed by atoms with E-state index in [1.54, 1.807) is 20.8 Å². The van der Waals surface area contributed by atoms with E-state index in [1.807, 2.05) is 13.8 Å². The molecule has 0 unspecified atom stereocenters. The lowest BCUT2D eigenvalue weighted by Gasteiger charge is -2.24. The topological polar surface area (TPSA) is 61.5 Å². The van der Waals surface area contributed by atoms with Crippen molar-refractivity contribution in [2.45, 2.75) is 46.3 Å². The van der Waals surface area contributed by atoms with Gasteiger partial charge in [0, 0.05) is 0 Å². The van der Waals surface area contributed by atoms with Crippen molar-refractivity contribution in [1.82, 2.24) is 0 Å². The summed E-state index contributed by atoms with van der Waals surface area (Å²) in [5.41, 5.74) is -0.497. The van der Waals surface area contributed by atoms with Crippen molar-refractivity contribution in [3.8, 4) is 0 Å². The maximum atomic E-state index is 11.4. The van der Waals surface area contributed by atoms with Crippen LogP contribution in [0.1, 0.15) is 34.6 Å². The first kappa shape index (κ1) is 12.4. The van der Waals surface area contributed by atoms with E-state index in [4.69, 9.17) is 10.6 Å². The number of hydrogen-bond acceptors (Lipinski definition) is 4. The van der Waals surface area contributed by atoms with E-state index in [2.05, 4.69) is 4.84 Å². The van der Waals surface area contributed by atoms with Crippen LogP contribution in [0.15, 0.2) is 0 Å². The summed E-state index contributed by atoms with van der Waals surface area (Å²) in [6, 6.07) is 0. The second kappa shape index (κ2) is 4.58. The molecule has 0 saturated heterocycles. The minimum Gasteiger partial charge on any atom is -0.458 e. The summed E-state index contributed by atoms with van der Waals surface area (Å²) >= 11 is 0. The Morgan fingerprint density at radius 3 is 2.00 bits per heavy atom. The molecule has 13 heavy (non-hydrogen) atoms. The van der Waals surface area contributed by atoms with Crippen molar-refractivity contribution in [1.29, 1.82) is 0 Å². The number of carbonyl (C=O) groups is 1. The molecule has 0 rings (SSSR count). The number of hydrogen-bond donors (Lipinski definition) is 1. The number of ether oxygens (including phenoxy) is 1. The Kier molecular flexibility index (Phi) is 4.36. The third-order valence-corrected chi connectivity index (χ3v) is 1.39. The molecule has 1 atom stereocenters. The Balaban J connectivity index is 4.23. The Morgan fingerprint density at radius 2 is 1.77 bits per heavy atom. The van der Waals surface area contributed by atoms with Gasteiger partial charge >= 0.3 is 5.97 Å². The summed E-state index contributed by atoms with van der Waals surface area (Å²) in [6.45, 7) is 9.11. The molecule has 0 aromatic heterocycles. The van der Waals surface area contributed by atoms with Crippen LogP contribution in [-0.2, 0) is 14.4 Å². The second-order valence-electron chi connectivity index (χ2n) is 4.33. The van der Waals surface area contributed by atoms with Gasteiger partial charge in [-0.05, 0) is 26.7 Å². The normalized spacial score (nSPS) is 14.4. The Morgan fingerprint density at radius 1 is 1.31 bits per heavy atom. The fourth-order valence-electron chi connectivity index (χ4n) is 0.845. The summed E-state index contributed by atoms with van der Waals surface area (Å²) in [7, 11) is 0. The molecule has 0 radical (unpaired) electrons. The van der Waals surface area contributed by atoms with Crippen LogP contribution in [0.2, 0.25) is 0 Å². The van der Waals surface area contributed by atoms with Crippen LogP contribution >= 0.6 is 0 Å². The quantitative estimate of drug-likeness (QED) is 0.536. The fourth-order valence-corrected chi connectivity index (χ4v) is 0.845. The number of esters is 1. The van der Waals surface area contributed by atoms with Crippen LogP contribution in [-0.4, -0.2) is 17.7 Å². The lowest BCUT2D eigenvalue weighted by Crippen LogP contribution is -2.38. The number of carbonyl (C=O) groups excluding carboxylic acids is 1. The molecule has 2 N–H and O–H groups in total. The molecular formula is C9H19NO3. The number of nitrogens with two attached hydrogens (primary N) is 1. The Bertz CT molecular complexity index is 172. The largest absolute Gasteiger partial charge is 0.458 e. The summed E-state index contributed by atoms with van der Waals surface area (Å²) < 4.78 is 5.11. The van der Waals surface area contributed by atoms with Gasteiger partial charge in [0.05, 0.1) is 0 Å². The van der Waals surface area contributed by atoms with Gasteiger partial charge in [0.15, 0.2) is 6.10 Å². The highest BCUT2D eigenvalue weighted by molar-refractivity contribution is 5.75. The van der Waals surface area contributed by atoms with E-state index in [0.717, 1.165) is 0 Å². The van der Waals surface area contributed by atoms with Crippen molar-refractivity contribution in [2.24, 2.45) is 11.8 Å². The SMILES string of the molecule is CC(C)[C@H](ON)C(=O)OC(C)(C)C. The molecule has 4 nitrogen and oxygen atoms in total.